The lowest BCUT2D eigenvalue weighted by molar-refractivity contribution is 0.0600. The molecular formula is C16H15N3O3. The zero-order valence-corrected chi connectivity index (χ0v) is 11.9. The maximum atomic E-state index is 11.7. The van der Waals surface area contributed by atoms with Crippen LogP contribution in [-0.2, 0) is 4.74 Å². The van der Waals surface area contributed by atoms with E-state index in [-0.39, 0.29) is 0 Å². The minimum atomic E-state index is -0.474. The zero-order chi connectivity index (χ0) is 15.8. The largest absolute Gasteiger partial charge is 0.465 e. The average Bonchev–Trinajstić information content (AvgIpc) is 2.55. The van der Waals surface area contributed by atoms with E-state index in [1.807, 2.05) is 18.2 Å². The summed E-state index contributed by atoms with van der Waals surface area (Å²) in [6, 6.07) is 15.3. The van der Waals surface area contributed by atoms with Crippen LogP contribution in [0.5, 0.6) is 0 Å². The molecule has 0 heterocycles. The molecule has 22 heavy (non-hydrogen) atoms. The van der Waals surface area contributed by atoms with Crippen LogP contribution in [0.1, 0.15) is 15.9 Å². The van der Waals surface area contributed by atoms with Crippen LogP contribution in [0.15, 0.2) is 59.7 Å². The highest BCUT2D eigenvalue weighted by atomic mass is 16.5. The summed E-state index contributed by atoms with van der Waals surface area (Å²) in [5.74, 6) is -0.462. The molecule has 0 aromatic heterocycles. The number of hydrogen-bond acceptors (Lipinski definition) is 4. The van der Waals surface area contributed by atoms with Gasteiger partial charge in [0.2, 0.25) is 0 Å². The smallest absolute Gasteiger partial charge is 0.339 e. The lowest BCUT2D eigenvalue weighted by Crippen LogP contribution is -2.24. The summed E-state index contributed by atoms with van der Waals surface area (Å²) in [6.45, 7) is 0. The second-order valence-electron chi connectivity index (χ2n) is 4.27. The molecule has 2 aromatic rings. The Labute approximate surface area is 127 Å². The third-order valence-electron chi connectivity index (χ3n) is 2.77. The van der Waals surface area contributed by atoms with Gasteiger partial charge in [-0.15, -0.1) is 0 Å². The van der Waals surface area contributed by atoms with Crippen LogP contribution in [-0.4, -0.2) is 25.3 Å². The van der Waals surface area contributed by atoms with Crippen molar-refractivity contribution in [3.05, 3.63) is 65.7 Å². The van der Waals surface area contributed by atoms with Gasteiger partial charge in [0.05, 0.1) is 18.9 Å². The maximum Gasteiger partial charge on any atom is 0.339 e. The fraction of sp³-hybridized carbons (Fsp3) is 0.0625. The number of esters is 1. The minimum absolute atomic E-state index is 0.374. The van der Waals surface area contributed by atoms with E-state index >= 15 is 0 Å². The van der Waals surface area contributed by atoms with E-state index in [1.165, 1.54) is 13.3 Å². The Morgan fingerprint density at radius 1 is 1.05 bits per heavy atom. The number of ether oxygens (including phenoxy) is 1. The highest BCUT2D eigenvalue weighted by Gasteiger charge is 2.09. The maximum absolute atomic E-state index is 11.7. The van der Waals surface area contributed by atoms with Crippen LogP contribution in [0.2, 0.25) is 0 Å². The van der Waals surface area contributed by atoms with Crippen LogP contribution in [0.3, 0.4) is 0 Å². The van der Waals surface area contributed by atoms with Crippen molar-refractivity contribution in [2.75, 3.05) is 12.4 Å². The average molecular weight is 297 g/mol. The van der Waals surface area contributed by atoms with E-state index in [1.54, 1.807) is 36.4 Å². The van der Waals surface area contributed by atoms with Gasteiger partial charge in [0.25, 0.3) is 0 Å². The summed E-state index contributed by atoms with van der Waals surface area (Å²) in [5, 5.41) is 6.44. The molecule has 6 heteroatoms. The van der Waals surface area contributed by atoms with E-state index < -0.39 is 12.0 Å². The van der Waals surface area contributed by atoms with Gasteiger partial charge in [0, 0.05) is 11.3 Å². The first-order valence-electron chi connectivity index (χ1n) is 6.53. The standard InChI is InChI=1S/C16H15N3O3/c1-22-15(20)14-10-6-5-7-12(14)11-17-19-16(21)18-13-8-3-2-4-9-13/h2-11H,1H3,(H2,18,19,21)/b17-11-. The van der Waals surface area contributed by atoms with Gasteiger partial charge in [-0.1, -0.05) is 36.4 Å². The van der Waals surface area contributed by atoms with Crippen molar-refractivity contribution in [3.63, 3.8) is 0 Å². The molecule has 0 radical (unpaired) electrons. The van der Waals surface area contributed by atoms with Crippen LogP contribution in [0.4, 0.5) is 10.5 Å². The number of nitrogens with one attached hydrogen (secondary N) is 2. The molecule has 0 aliphatic carbocycles. The van der Waals surface area contributed by atoms with Gasteiger partial charge >= 0.3 is 12.0 Å². The van der Waals surface area contributed by atoms with Crippen LogP contribution >= 0.6 is 0 Å². The van der Waals surface area contributed by atoms with Gasteiger partial charge in [-0.25, -0.2) is 15.0 Å². The highest BCUT2D eigenvalue weighted by molar-refractivity contribution is 5.99. The molecule has 0 saturated heterocycles. The van der Waals surface area contributed by atoms with Gasteiger partial charge in [-0.05, 0) is 18.2 Å². The Balaban J connectivity index is 1.98. The molecule has 0 atom stereocenters. The molecule has 6 nitrogen and oxygen atoms in total. The number of methoxy groups -OCH3 is 1. The highest BCUT2D eigenvalue weighted by Crippen LogP contribution is 2.07. The SMILES string of the molecule is COC(=O)c1ccccc1/C=N\NC(=O)Nc1ccccc1. The predicted molar refractivity (Wildman–Crippen MR) is 84.0 cm³/mol. The van der Waals surface area contributed by atoms with Gasteiger partial charge in [0.15, 0.2) is 0 Å². The monoisotopic (exact) mass is 297 g/mol. The molecule has 0 spiro atoms. The van der Waals surface area contributed by atoms with Gasteiger partial charge in [-0.3, -0.25) is 0 Å². The molecule has 0 aliphatic rings. The minimum Gasteiger partial charge on any atom is -0.465 e. The van der Waals surface area contributed by atoms with E-state index in [4.69, 9.17) is 0 Å². The molecular weight excluding hydrogens is 282 g/mol. The van der Waals surface area contributed by atoms with Gasteiger partial charge in [-0.2, -0.15) is 5.10 Å². The molecule has 112 valence electrons. The first-order valence-corrected chi connectivity index (χ1v) is 6.53. The molecule has 0 fully saturated rings. The Morgan fingerprint density at radius 3 is 2.45 bits per heavy atom. The molecule has 2 aromatic carbocycles. The second-order valence-corrected chi connectivity index (χ2v) is 4.27. The molecule has 2 N–H and O–H groups in total. The normalized spacial score (nSPS) is 10.2. The van der Waals surface area contributed by atoms with E-state index in [0.29, 0.717) is 16.8 Å². The van der Waals surface area contributed by atoms with Gasteiger partial charge in [0.1, 0.15) is 0 Å². The number of hydrazone groups is 1. The number of amides is 2. The summed E-state index contributed by atoms with van der Waals surface area (Å²) >= 11 is 0. The third-order valence-corrected chi connectivity index (χ3v) is 2.77. The third kappa shape index (κ3) is 4.17. The first kappa shape index (κ1) is 15.2. The lowest BCUT2D eigenvalue weighted by Gasteiger charge is -2.04. The van der Waals surface area contributed by atoms with Gasteiger partial charge < -0.3 is 10.1 Å². The summed E-state index contributed by atoms with van der Waals surface area (Å²) < 4.78 is 4.68. The number of hydrogen-bond donors (Lipinski definition) is 2. The number of benzene rings is 2. The van der Waals surface area contributed by atoms with Crippen LogP contribution in [0.25, 0.3) is 0 Å². The fourth-order valence-electron chi connectivity index (χ4n) is 1.75. The first-order chi connectivity index (χ1) is 10.7. The van der Waals surface area contributed by atoms with Crippen molar-refractivity contribution in [1.29, 1.82) is 0 Å². The van der Waals surface area contributed by atoms with Crippen molar-refractivity contribution in [3.8, 4) is 0 Å². The Bertz CT molecular complexity index is 684. The molecule has 0 unspecified atom stereocenters. The van der Waals surface area contributed by atoms with E-state index in [0.717, 1.165) is 0 Å². The number of rotatable bonds is 4. The van der Waals surface area contributed by atoms with Crippen molar-refractivity contribution in [1.82, 2.24) is 5.43 Å². The number of urea groups is 1. The fourth-order valence-corrected chi connectivity index (χ4v) is 1.75. The van der Waals surface area contributed by atoms with E-state index in [9.17, 15) is 9.59 Å². The summed E-state index contributed by atoms with van der Waals surface area (Å²) in [5.41, 5.74) is 3.91. The zero-order valence-electron chi connectivity index (χ0n) is 11.9. The number of anilines is 1. The Morgan fingerprint density at radius 2 is 1.73 bits per heavy atom. The van der Waals surface area contributed by atoms with Crippen LogP contribution in [0, 0.1) is 0 Å². The lowest BCUT2D eigenvalue weighted by atomic mass is 10.1. The topological polar surface area (TPSA) is 79.8 Å². The van der Waals surface area contributed by atoms with Crippen molar-refractivity contribution < 1.29 is 14.3 Å². The second kappa shape index (κ2) is 7.58. The van der Waals surface area contributed by atoms with E-state index in [2.05, 4.69) is 20.6 Å². The Hall–Kier alpha value is -3.15. The quantitative estimate of drug-likeness (QED) is 0.517. The Kier molecular flexibility index (Phi) is 5.25. The molecule has 0 aliphatic heterocycles. The van der Waals surface area contributed by atoms with Crippen molar-refractivity contribution in [2.45, 2.75) is 0 Å². The summed E-state index contributed by atoms with van der Waals surface area (Å²) in [7, 11) is 1.31. The number of para-hydroxylation sites is 1. The summed E-state index contributed by atoms with van der Waals surface area (Å²) in [6.07, 6.45) is 1.39. The van der Waals surface area contributed by atoms with Crippen LogP contribution < -0.4 is 10.7 Å². The number of nitrogens with zero attached hydrogens (tertiary/aromatic N) is 1. The predicted octanol–water partition coefficient (Wildman–Crippen LogP) is 2.63. The molecule has 2 amide bonds. The molecule has 0 bridgehead atoms. The molecule has 0 saturated carbocycles. The van der Waals surface area contributed by atoms with Crippen molar-refractivity contribution in [2.24, 2.45) is 5.10 Å². The summed E-state index contributed by atoms with van der Waals surface area (Å²) in [4.78, 5) is 23.2. The number of carbonyl (C=O) groups excluding carboxylic acids is 2. The van der Waals surface area contributed by atoms with Crippen molar-refractivity contribution >= 4 is 23.9 Å². The number of carbonyl (C=O) groups is 2. The molecule has 2 rings (SSSR count).